The molecule has 1 saturated heterocycles. The molecule has 0 unspecified atom stereocenters. The zero-order valence-electron chi connectivity index (χ0n) is 14.7. The van der Waals surface area contributed by atoms with Crippen LogP contribution >= 0.6 is 11.3 Å². The second kappa shape index (κ2) is 8.38. The number of rotatable bonds is 5. The van der Waals surface area contributed by atoms with E-state index in [-0.39, 0.29) is 0 Å². The molecule has 6 heteroatoms. The Morgan fingerprint density at radius 1 is 1.08 bits per heavy atom. The summed E-state index contributed by atoms with van der Waals surface area (Å²) in [5.74, 6) is 1.52. The van der Waals surface area contributed by atoms with Crippen LogP contribution in [-0.2, 0) is 6.42 Å². The van der Waals surface area contributed by atoms with Gasteiger partial charge in [-0.15, -0.1) is 0 Å². The van der Waals surface area contributed by atoms with E-state index in [0.29, 0.717) is 5.92 Å². The lowest BCUT2D eigenvalue weighted by molar-refractivity contribution is 0.465. The Kier molecular flexibility index (Phi) is 5.52. The smallest absolute Gasteiger partial charge is 0.188 e. The van der Waals surface area contributed by atoms with E-state index in [4.69, 9.17) is 0 Å². The van der Waals surface area contributed by atoms with Crippen LogP contribution in [0.15, 0.2) is 48.9 Å². The lowest BCUT2D eigenvalue weighted by atomic mass is 9.95. The highest BCUT2D eigenvalue weighted by atomic mass is 32.1. The summed E-state index contributed by atoms with van der Waals surface area (Å²) in [5, 5.41) is 7.65. The van der Waals surface area contributed by atoms with Crippen molar-refractivity contribution < 1.29 is 0 Å². The van der Waals surface area contributed by atoms with Crippen LogP contribution < -0.4 is 10.6 Å². The molecule has 1 atom stereocenters. The number of nitrogens with one attached hydrogen (secondary N) is 2. The predicted octanol–water partition coefficient (Wildman–Crippen LogP) is 4.28. The van der Waals surface area contributed by atoms with Crippen molar-refractivity contribution >= 4 is 22.3 Å². The molecule has 1 fully saturated rings. The minimum Gasteiger partial charge on any atom is -0.317 e. The molecule has 134 valence electrons. The summed E-state index contributed by atoms with van der Waals surface area (Å²) in [4.78, 5) is 14.5. The number of aromatic nitrogens is 3. The van der Waals surface area contributed by atoms with Gasteiger partial charge in [0.2, 0.25) is 0 Å². The van der Waals surface area contributed by atoms with E-state index in [0.717, 1.165) is 41.0 Å². The molecule has 0 amide bonds. The van der Waals surface area contributed by atoms with Gasteiger partial charge in [0, 0.05) is 18.0 Å². The molecule has 1 aliphatic rings. The third kappa shape index (κ3) is 4.45. The monoisotopic (exact) mass is 365 g/mol. The maximum atomic E-state index is 4.48. The molecule has 3 aromatic rings. The fraction of sp³-hybridized carbons (Fsp3) is 0.350. The maximum Gasteiger partial charge on any atom is 0.188 e. The van der Waals surface area contributed by atoms with Crippen molar-refractivity contribution in [3.8, 4) is 10.4 Å². The zero-order chi connectivity index (χ0) is 17.6. The Labute approximate surface area is 157 Å². The van der Waals surface area contributed by atoms with Gasteiger partial charge in [-0.25, -0.2) is 15.0 Å². The average molecular weight is 366 g/mol. The highest BCUT2D eigenvalue weighted by Crippen LogP contribution is 2.30. The zero-order valence-corrected chi connectivity index (χ0v) is 15.5. The first kappa shape index (κ1) is 17.1. The standard InChI is InChI=1S/C20H23N5S/c1-2-6-16(7-3-1)18-13-22-20(26-18)25-19-12-17(23-14-24-19)11-15-5-4-9-21-10-8-15/h1-3,6-7,12-15,21H,4-5,8-11H2,(H,22,23,24,25)/t15-/m0/s1. The van der Waals surface area contributed by atoms with Crippen molar-refractivity contribution in [2.24, 2.45) is 5.92 Å². The van der Waals surface area contributed by atoms with Gasteiger partial charge in [-0.2, -0.15) is 0 Å². The molecule has 1 aliphatic heterocycles. The number of anilines is 2. The Bertz CT molecular complexity index is 825. The van der Waals surface area contributed by atoms with Gasteiger partial charge < -0.3 is 10.6 Å². The molecule has 2 N–H and O–H groups in total. The van der Waals surface area contributed by atoms with Crippen LogP contribution in [0, 0.1) is 5.92 Å². The van der Waals surface area contributed by atoms with Crippen LogP contribution in [0.5, 0.6) is 0 Å². The summed E-state index contributed by atoms with van der Waals surface area (Å²) >= 11 is 1.63. The van der Waals surface area contributed by atoms with Gasteiger partial charge in [0.05, 0.1) is 4.88 Å². The van der Waals surface area contributed by atoms with Crippen molar-refractivity contribution in [2.75, 3.05) is 18.4 Å². The van der Waals surface area contributed by atoms with E-state index in [9.17, 15) is 0 Å². The topological polar surface area (TPSA) is 62.7 Å². The highest BCUT2D eigenvalue weighted by Gasteiger charge is 2.14. The van der Waals surface area contributed by atoms with Crippen LogP contribution in [0.1, 0.15) is 25.0 Å². The molecular formula is C20H23N5S. The van der Waals surface area contributed by atoms with E-state index < -0.39 is 0 Å². The van der Waals surface area contributed by atoms with E-state index in [1.807, 2.05) is 24.4 Å². The van der Waals surface area contributed by atoms with E-state index in [1.54, 1.807) is 17.7 Å². The van der Waals surface area contributed by atoms with Crippen molar-refractivity contribution in [3.63, 3.8) is 0 Å². The minimum absolute atomic E-state index is 0.706. The van der Waals surface area contributed by atoms with Crippen molar-refractivity contribution in [3.05, 3.63) is 54.6 Å². The Morgan fingerprint density at radius 2 is 2.00 bits per heavy atom. The number of hydrogen-bond donors (Lipinski definition) is 2. The summed E-state index contributed by atoms with van der Waals surface area (Å²) in [6.45, 7) is 2.25. The van der Waals surface area contributed by atoms with Crippen LogP contribution in [0.25, 0.3) is 10.4 Å². The normalized spacial score (nSPS) is 17.6. The van der Waals surface area contributed by atoms with Crippen LogP contribution in [0.2, 0.25) is 0 Å². The molecule has 1 aromatic carbocycles. The first-order valence-electron chi connectivity index (χ1n) is 9.17. The Balaban J connectivity index is 1.43. The third-order valence-electron chi connectivity index (χ3n) is 4.72. The second-order valence-electron chi connectivity index (χ2n) is 6.67. The van der Waals surface area contributed by atoms with Crippen molar-refractivity contribution in [2.45, 2.75) is 25.7 Å². The number of nitrogens with zero attached hydrogens (tertiary/aromatic N) is 3. The molecule has 0 bridgehead atoms. The molecule has 3 heterocycles. The van der Waals surface area contributed by atoms with Gasteiger partial charge in [0.1, 0.15) is 12.1 Å². The molecule has 0 spiro atoms. The summed E-state index contributed by atoms with van der Waals surface area (Å²) in [6.07, 6.45) is 8.32. The quantitative estimate of drug-likeness (QED) is 0.707. The second-order valence-corrected chi connectivity index (χ2v) is 7.70. The highest BCUT2D eigenvalue weighted by molar-refractivity contribution is 7.18. The Morgan fingerprint density at radius 3 is 2.92 bits per heavy atom. The maximum absolute atomic E-state index is 4.48. The van der Waals surface area contributed by atoms with Gasteiger partial charge >= 0.3 is 0 Å². The van der Waals surface area contributed by atoms with Crippen molar-refractivity contribution in [1.29, 1.82) is 0 Å². The molecule has 2 aromatic heterocycles. The SMILES string of the molecule is c1ccc(-c2cnc(Nc3cc(C[C@H]4CCCNCC4)ncn3)s2)cc1. The molecular weight excluding hydrogens is 342 g/mol. The fourth-order valence-electron chi connectivity index (χ4n) is 3.35. The number of thiazole rings is 1. The van der Waals surface area contributed by atoms with Crippen LogP contribution in [0.3, 0.4) is 0 Å². The largest absolute Gasteiger partial charge is 0.317 e. The van der Waals surface area contributed by atoms with Crippen molar-refractivity contribution in [1.82, 2.24) is 20.3 Å². The molecule has 0 aliphatic carbocycles. The number of hydrogen-bond acceptors (Lipinski definition) is 6. The molecule has 26 heavy (non-hydrogen) atoms. The lowest BCUT2D eigenvalue weighted by Crippen LogP contribution is -2.14. The molecule has 4 rings (SSSR count). The van der Waals surface area contributed by atoms with E-state index in [2.05, 4.69) is 43.8 Å². The number of benzene rings is 1. The van der Waals surface area contributed by atoms with Gasteiger partial charge in [-0.3, -0.25) is 0 Å². The fourth-order valence-corrected chi connectivity index (χ4v) is 4.17. The van der Waals surface area contributed by atoms with E-state index >= 15 is 0 Å². The van der Waals surface area contributed by atoms with Gasteiger partial charge in [-0.1, -0.05) is 41.7 Å². The van der Waals surface area contributed by atoms with Gasteiger partial charge in [0.25, 0.3) is 0 Å². The first-order valence-corrected chi connectivity index (χ1v) is 9.98. The van der Waals surface area contributed by atoms with Crippen LogP contribution in [0.4, 0.5) is 10.9 Å². The molecule has 5 nitrogen and oxygen atoms in total. The molecule has 0 radical (unpaired) electrons. The summed E-state index contributed by atoms with van der Waals surface area (Å²) < 4.78 is 0. The van der Waals surface area contributed by atoms with Gasteiger partial charge in [-0.05, 0) is 50.3 Å². The predicted molar refractivity (Wildman–Crippen MR) is 107 cm³/mol. The summed E-state index contributed by atoms with van der Waals surface area (Å²) in [6, 6.07) is 12.4. The molecule has 0 saturated carbocycles. The van der Waals surface area contributed by atoms with Gasteiger partial charge in [0.15, 0.2) is 5.13 Å². The summed E-state index contributed by atoms with van der Waals surface area (Å²) in [5.41, 5.74) is 2.29. The summed E-state index contributed by atoms with van der Waals surface area (Å²) in [7, 11) is 0. The third-order valence-corrected chi connectivity index (χ3v) is 5.68. The average Bonchev–Trinajstić information content (AvgIpc) is 2.98. The van der Waals surface area contributed by atoms with Crippen LogP contribution in [-0.4, -0.2) is 28.0 Å². The van der Waals surface area contributed by atoms with E-state index in [1.165, 1.54) is 24.8 Å². The lowest BCUT2D eigenvalue weighted by Gasteiger charge is -2.13. The first-order chi connectivity index (χ1) is 12.9. The Hall–Kier alpha value is -2.31. The minimum atomic E-state index is 0.706.